The first-order valence-electron chi connectivity index (χ1n) is 6.54. The normalized spacial score (nSPS) is 8.81. The lowest BCUT2D eigenvalue weighted by Crippen LogP contribution is -2.07. The minimum Gasteiger partial charge on any atom is -0.423 e. The van der Waals surface area contributed by atoms with Crippen LogP contribution in [-0.2, 0) is 14.3 Å². The molecule has 0 aliphatic carbocycles. The molecule has 0 saturated heterocycles. The van der Waals surface area contributed by atoms with E-state index in [1.165, 1.54) is 6.08 Å². The lowest BCUT2D eigenvalue weighted by atomic mass is 10.2. The number of aldehydes is 1. The van der Waals surface area contributed by atoms with Crippen molar-refractivity contribution in [2.45, 2.75) is 20.8 Å². The molecule has 0 bridgehead atoms. The molecule has 116 valence electrons. The van der Waals surface area contributed by atoms with E-state index in [1.54, 1.807) is 51.5 Å². The fraction of sp³-hybridized carbons (Fsp3) is 0.294. The number of rotatable bonds is 4. The molecule has 1 aromatic rings. The van der Waals surface area contributed by atoms with Crippen LogP contribution < -0.4 is 4.74 Å². The summed E-state index contributed by atoms with van der Waals surface area (Å²) >= 11 is 0. The van der Waals surface area contributed by atoms with Gasteiger partial charge in [-0.2, -0.15) is 0 Å². The maximum absolute atomic E-state index is 11.2. The van der Waals surface area contributed by atoms with Crippen LogP contribution in [0.5, 0.6) is 5.75 Å². The Labute approximate surface area is 127 Å². The average Bonchev–Trinajstić information content (AvgIpc) is 2.49. The molecule has 0 radical (unpaired) electrons. The third-order valence-corrected chi connectivity index (χ3v) is 1.81. The zero-order valence-electron chi connectivity index (χ0n) is 13.4. The Bertz CT molecular complexity index is 444. The summed E-state index contributed by atoms with van der Waals surface area (Å²) in [5.41, 5.74) is 1.21. The lowest BCUT2D eigenvalue weighted by Gasteiger charge is -2.03. The molecule has 0 heterocycles. The van der Waals surface area contributed by atoms with Crippen molar-refractivity contribution in [1.82, 2.24) is 0 Å². The maximum Gasteiger partial charge on any atom is 0.338 e. The standard InChI is InChI=1S/C13H12O3.C2H6O.C2H6/c1-10(2)13(15)16-12-7-5-11(6-8-12)4-3-9-14;1-3-2;1-2/h3-9H,1H2,2H3;1-2H3;1-2H3/b4-3+;;. The van der Waals surface area contributed by atoms with Crippen LogP contribution >= 0.6 is 0 Å². The number of carbonyl (C=O) groups is 2. The quantitative estimate of drug-likeness (QED) is 0.368. The Balaban J connectivity index is 0. The second-order valence-electron chi connectivity index (χ2n) is 3.64. The smallest absolute Gasteiger partial charge is 0.338 e. The first-order chi connectivity index (χ1) is 10.0. The van der Waals surface area contributed by atoms with Crippen LogP contribution in [0.2, 0.25) is 0 Å². The molecule has 1 rings (SSSR count). The average molecular weight is 292 g/mol. The van der Waals surface area contributed by atoms with Gasteiger partial charge in [-0.25, -0.2) is 4.79 Å². The molecule has 0 aliphatic heterocycles. The Hall–Kier alpha value is -2.20. The van der Waals surface area contributed by atoms with Crippen molar-refractivity contribution in [2.75, 3.05) is 14.2 Å². The molecule has 4 nitrogen and oxygen atoms in total. The first-order valence-corrected chi connectivity index (χ1v) is 6.54. The van der Waals surface area contributed by atoms with E-state index in [9.17, 15) is 9.59 Å². The Kier molecular flexibility index (Phi) is 14.3. The van der Waals surface area contributed by atoms with Crippen molar-refractivity contribution < 1.29 is 19.1 Å². The van der Waals surface area contributed by atoms with Gasteiger partial charge in [-0.1, -0.05) is 38.6 Å². The summed E-state index contributed by atoms with van der Waals surface area (Å²) in [6, 6.07) is 6.82. The zero-order valence-corrected chi connectivity index (χ0v) is 13.4. The molecule has 0 unspecified atom stereocenters. The predicted molar refractivity (Wildman–Crippen MR) is 86.3 cm³/mol. The van der Waals surface area contributed by atoms with Gasteiger partial charge in [0.25, 0.3) is 0 Å². The molecular weight excluding hydrogens is 268 g/mol. The van der Waals surface area contributed by atoms with Crippen molar-refractivity contribution in [1.29, 1.82) is 0 Å². The molecule has 21 heavy (non-hydrogen) atoms. The summed E-state index contributed by atoms with van der Waals surface area (Å²) in [4.78, 5) is 21.3. The summed E-state index contributed by atoms with van der Waals surface area (Å²) in [6.07, 6.45) is 3.77. The molecule has 0 fully saturated rings. The third-order valence-electron chi connectivity index (χ3n) is 1.81. The molecule has 0 aromatic heterocycles. The van der Waals surface area contributed by atoms with Gasteiger partial charge in [0.15, 0.2) is 0 Å². The molecule has 0 saturated carbocycles. The summed E-state index contributed by atoms with van der Waals surface area (Å²) in [5.74, 6) is 0.00689. The summed E-state index contributed by atoms with van der Waals surface area (Å²) in [7, 11) is 3.25. The van der Waals surface area contributed by atoms with E-state index in [4.69, 9.17) is 4.74 Å². The largest absolute Gasteiger partial charge is 0.423 e. The molecule has 0 aliphatic rings. The zero-order chi connectivity index (χ0) is 16.7. The molecular formula is C17H24O4. The minimum atomic E-state index is -0.448. The number of hydrogen-bond acceptors (Lipinski definition) is 4. The topological polar surface area (TPSA) is 52.6 Å². The van der Waals surface area contributed by atoms with E-state index < -0.39 is 5.97 Å². The second kappa shape index (κ2) is 14.2. The van der Waals surface area contributed by atoms with Crippen molar-refractivity contribution in [3.8, 4) is 5.75 Å². The Morgan fingerprint density at radius 2 is 1.62 bits per heavy atom. The van der Waals surface area contributed by atoms with Crippen molar-refractivity contribution in [3.63, 3.8) is 0 Å². The highest BCUT2D eigenvalue weighted by atomic mass is 16.5. The molecule has 0 spiro atoms. The van der Waals surface area contributed by atoms with E-state index in [1.807, 2.05) is 13.8 Å². The van der Waals surface area contributed by atoms with Gasteiger partial charge in [-0.3, -0.25) is 4.79 Å². The lowest BCUT2D eigenvalue weighted by molar-refractivity contribution is -0.130. The molecule has 0 atom stereocenters. The highest BCUT2D eigenvalue weighted by Gasteiger charge is 2.04. The number of ether oxygens (including phenoxy) is 2. The number of allylic oxidation sites excluding steroid dienone is 1. The second-order valence-corrected chi connectivity index (χ2v) is 3.64. The minimum absolute atomic E-state index is 0.352. The van der Waals surface area contributed by atoms with Gasteiger partial charge in [0, 0.05) is 19.8 Å². The van der Waals surface area contributed by atoms with Gasteiger partial charge in [0.2, 0.25) is 0 Å². The number of methoxy groups -OCH3 is 1. The highest BCUT2D eigenvalue weighted by molar-refractivity contribution is 5.88. The fourth-order valence-electron chi connectivity index (χ4n) is 0.992. The van der Waals surface area contributed by atoms with Gasteiger partial charge in [-0.05, 0) is 30.7 Å². The van der Waals surface area contributed by atoms with Gasteiger partial charge in [0.1, 0.15) is 12.0 Å². The summed E-state index contributed by atoms with van der Waals surface area (Å²) in [6.45, 7) is 9.07. The van der Waals surface area contributed by atoms with E-state index >= 15 is 0 Å². The van der Waals surface area contributed by atoms with Crippen LogP contribution in [0.25, 0.3) is 6.08 Å². The van der Waals surface area contributed by atoms with Crippen LogP contribution in [0.3, 0.4) is 0 Å². The van der Waals surface area contributed by atoms with Gasteiger partial charge in [-0.15, -0.1) is 0 Å². The first kappa shape index (κ1) is 21.1. The maximum atomic E-state index is 11.2. The van der Waals surface area contributed by atoms with Crippen molar-refractivity contribution >= 4 is 18.3 Å². The molecule has 0 amide bonds. The van der Waals surface area contributed by atoms with Crippen molar-refractivity contribution in [2.24, 2.45) is 0 Å². The third kappa shape index (κ3) is 11.3. The molecule has 0 N–H and O–H groups in total. The van der Waals surface area contributed by atoms with Crippen LogP contribution in [-0.4, -0.2) is 26.5 Å². The Morgan fingerprint density at radius 3 is 2.00 bits per heavy atom. The SMILES string of the molecule is C=C(C)C(=O)Oc1ccc(/C=C/C=O)cc1.CC.COC. The van der Waals surface area contributed by atoms with Crippen LogP contribution in [0.15, 0.2) is 42.5 Å². The van der Waals surface area contributed by atoms with Crippen molar-refractivity contribution in [3.05, 3.63) is 48.1 Å². The van der Waals surface area contributed by atoms with Gasteiger partial charge in [0.05, 0.1) is 0 Å². The van der Waals surface area contributed by atoms with Crippen LogP contribution in [0.4, 0.5) is 0 Å². The van der Waals surface area contributed by atoms with Gasteiger partial charge >= 0.3 is 5.97 Å². The molecule has 4 heteroatoms. The van der Waals surface area contributed by atoms with Crippen LogP contribution in [0.1, 0.15) is 26.3 Å². The Morgan fingerprint density at radius 1 is 1.14 bits per heavy atom. The van der Waals surface area contributed by atoms with E-state index in [2.05, 4.69) is 11.3 Å². The highest BCUT2D eigenvalue weighted by Crippen LogP contribution is 2.14. The van der Waals surface area contributed by atoms with E-state index in [0.29, 0.717) is 17.6 Å². The van der Waals surface area contributed by atoms with Gasteiger partial charge < -0.3 is 9.47 Å². The number of benzene rings is 1. The fourth-order valence-corrected chi connectivity index (χ4v) is 0.992. The number of esters is 1. The van der Waals surface area contributed by atoms with E-state index in [0.717, 1.165) is 5.56 Å². The van der Waals surface area contributed by atoms with Crippen LogP contribution in [0, 0.1) is 0 Å². The molecule has 1 aromatic carbocycles. The van der Waals surface area contributed by atoms with E-state index in [-0.39, 0.29) is 0 Å². The summed E-state index contributed by atoms with van der Waals surface area (Å²) < 4.78 is 9.25. The monoisotopic (exact) mass is 292 g/mol. The summed E-state index contributed by atoms with van der Waals surface area (Å²) in [5, 5.41) is 0. The predicted octanol–water partition coefficient (Wildman–Crippen LogP) is 3.67. The number of carbonyl (C=O) groups excluding carboxylic acids is 2. The number of hydrogen-bond donors (Lipinski definition) is 0.